The minimum atomic E-state index is -0.107. The van der Waals surface area contributed by atoms with E-state index in [0.29, 0.717) is 12.4 Å². The number of piperidine rings is 1. The number of amides is 1. The molecule has 2 aromatic rings. The molecule has 2 heterocycles. The third-order valence-electron chi connectivity index (χ3n) is 4.50. The molecule has 1 aliphatic heterocycles. The zero-order chi connectivity index (χ0) is 17.9. The summed E-state index contributed by atoms with van der Waals surface area (Å²) in [6.45, 7) is 8.58. The van der Waals surface area contributed by atoms with Gasteiger partial charge in [0.15, 0.2) is 5.82 Å². The van der Waals surface area contributed by atoms with Crippen molar-refractivity contribution in [3.05, 3.63) is 42.0 Å². The first-order chi connectivity index (χ1) is 11.9. The van der Waals surface area contributed by atoms with Crippen LogP contribution >= 0.6 is 0 Å². The number of anilines is 1. The number of hydrogen-bond acceptors (Lipinski definition) is 5. The molecule has 1 saturated heterocycles. The van der Waals surface area contributed by atoms with Crippen LogP contribution in [-0.2, 0) is 16.8 Å². The Morgan fingerprint density at radius 2 is 1.92 bits per heavy atom. The van der Waals surface area contributed by atoms with E-state index >= 15 is 0 Å². The van der Waals surface area contributed by atoms with Crippen molar-refractivity contribution >= 4 is 11.6 Å². The van der Waals surface area contributed by atoms with Crippen LogP contribution in [0.2, 0.25) is 0 Å². The molecule has 1 aliphatic rings. The van der Waals surface area contributed by atoms with Crippen molar-refractivity contribution in [3.63, 3.8) is 0 Å². The van der Waals surface area contributed by atoms with Gasteiger partial charge in [-0.2, -0.15) is 4.98 Å². The molecule has 0 atom stereocenters. The number of carbonyl (C=O) groups is 1. The van der Waals surface area contributed by atoms with Crippen LogP contribution in [0.25, 0.3) is 0 Å². The molecule has 3 rings (SSSR count). The third-order valence-corrected chi connectivity index (χ3v) is 4.50. The highest BCUT2D eigenvalue weighted by molar-refractivity contribution is 5.92. The number of nitrogens with one attached hydrogen (secondary N) is 1. The lowest BCUT2D eigenvalue weighted by molar-refractivity contribution is -0.121. The zero-order valence-electron chi connectivity index (χ0n) is 15.2. The summed E-state index contributed by atoms with van der Waals surface area (Å²) in [6, 6.07) is 9.62. The van der Waals surface area contributed by atoms with E-state index in [1.54, 1.807) is 0 Å². The van der Waals surface area contributed by atoms with Gasteiger partial charge in [0.05, 0.1) is 6.54 Å². The van der Waals surface area contributed by atoms with E-state index in [9.17, 15) is 4.79 Å². The first-order valence-electron chi connectivity index (χ1n) is 8.83. The average molecular weight is 342 g/mol. The summed E-state index contributed by atoms with van der Waals surface area (Å²) in [5, 5.41) is 7.06. The smallest absolute Gasteiger partial charge is 0.240 e. The highest BCUT2D eigenvalue weighted by Crippen LogP contribution is 2.22. The Morgan fingerprint density at radius 3 is 2.52 bits per heavy atom. The highest BCUT2D eigenvalue weighted by atomic mass is 16.5. The van der Waals surface area contributed by atoms with Crippen molar-refractivity contribution in [1.29, 1.82) is 0 Å². The van der Waals surface area contributed by atoms with Crippen LogP contribution in [0.3, 0.4) is 0 Å². The van der Waals surface area contributed by atoms with Crippen LogP contribution in [0.15, 0.2) is 34.9 Å². The molecule has 0 aliphatic carbocycles. The Hall–Kier alpha value is -2.21. The molecule has 1 amide bonds. The van der Waals surface area contributed by atoms with Gasteiger partial charge in [0, 0.05) is 17.0 Å². The molecule has 0 bridgehead atoms. The highest BCUT2D eigenvalue weighted by Gasteiger charge is 2.27. The molecule has 1 fully saturated rings. The van der Waals surface area contributed by atoms with Crippen molar-refractivity contribution in [2.75, 3.05) is 18.4 Å². The van der Waals surface area contributed by atoms with Crippen molar-refractivity contribution in [3.8, 4) is 0 Å². The summed E-state index contributed by atoms with van der Waals surface area (Å²) >= 11 is 0. The van der Waals surface area contributed by atoms with E-state index in [1.165, 1.54) is 0 Å². The van der Waals surface area contributed by atoms with E-state index in [4.69, 9.17) is 4.52 Å². The van der Waals surface area contributed by atoms with Gasteiger partial charge in [-0.05, 0) is 38.1 Å². The summed E-state index contributed by atoms with van der Waals surface area (Å²) in [5.74, 6) is 1.56. The maximum absolute atomic E-state index is 12.4. The first kappa shape index (κ1) is 17.6. The van der Waals surface area contributed by atoms with Crippen LogP contribution in [0.1, 0.15) is 45.3 Å². The topological polar surface area (TPSA) is 71.3 Å². The molecule has 25 heavy (non-hydrogen) atoms. The molecular formula is C19H26N4O2. The SMILES string of the molecule is CC(C)(C)c1noc(CN2CCC(C(=O)Nc3ccccc3)CC2)n1. The summed E-state index contributed by atoms with van der Waals surface area (Å²) in [4.78, 5) is 19.1. The predicted octanol–water partition coefficient (Wildman–Crippen LogP) is 3.22. The second-order valence-corrected chi connectivity index (χ2v) is 7.67. The number of nitrogens with zero attached hydrogens (tertiary/aromatic N) is 3. The standard InChI is InChI=1S/C19H26N4O2/c1-19(2,3)18-21-16(25-22-18)13-23-11-9-14(10-12-23)17(24)20-15-7-5-4-6-8-15/h4-8,14H,9-13H2,1-3H3,(H,20,24). The average Bonchev–Trinajstić information content (AvgIpc) is 3.05. The third kappa shape index (κ3) is 4.66. The second kappa shape index (κ2) is 7.35. The van der Waals surface area contributed by atoms with E-state index < -0.39 is 0 Å². The minimum absolute atomic E-state index is 0.0595. The molecule has 1 aromatic heterocycles. The molecule has 1 N–H and O–H groups in total. The van der Waals surface area contributed by atoms with Crippen LogP contribution in [0.5, 0.6) is 0 Å². The molecule has 134 valence electrons. The molecule has 0 saturated carbocycles. The van der Waals surface area contributed by atoms with Crippen molar-refractivity contribution in [1.82, 2.24) is 15.0 Å². The zero-order valence-corrected chi connectivity index (χ0v) is 15.2. The van der Waals surface area contributed by atoms with Crippen molar-refractivity contribution in [2.24, 2.45) is 5.92 Å². The van der Waals surface area contributed by atoms with Gasteiger partial charge in [0.25, 0.3) is 0 Å². The summed E-state index contributed by atoms with van der Waals surface area (Å²) in [6.07, 6.45) is 1.69. The van der Waals surface area contributed by atoms with Gasteiger partial charge in [-0.1, -0.05) is 44.1 Å². The Balaban J connectivity index is 1.48. The molecule has 6 nitrogen and oxygen atoms in total. The quantitative estimate of drug-likeness (QED) is 0.924. The number of likely N-dealkylation sites (tertiary alicyclic amines) is 1. The molecule has 0 spiro atoms. The molecular weight excluding hydrogens is 316 g/mol. The molecule has 0 radical (unpaired) electrons. The largest absolute Gasteiger partial charge is 0.338 e. The summed E-state index contributed by atoms with van der Waals surface area (Å²) in [7, 11) is 0. The van der Waals surface area contributed by atoms with Crippen LogP contribution in [0, 0.1) is 5.92 Å². The second-order valence-electron chi connectivity index (χ2n) is 7.67. The van der Waals surface area contributed by atoms with Gasteiger partial charge in [0.1, 0.15) is 0 Å². The van der Waals surface area contributed by atoms with E-state index in [0.717, 1.165) is 37.4 Å². The first-order valence-corrected chi connectivity index (χ1v) is 8.83. The number of aromatic nitrogens is 2. The molecule has 1 aromatic carbocycles. The number of benzene rings is 1. The lowest BCUT2D eigenvalue weighted by Crippen LogP contribution is -2.37. The summed E-state index contributed by atoms with van der Waals surface area (Å²) < 4.78 is 5.37. The summed E-state index contributed by atoms with van der Waals surface area (Å²) in [5.41, 5.74) is 0.750. The van der Waals surface area contributed by atoms with Gasteiger partial charge in [-0.15, -0.1) is 0 Å². The number of carbonyl (C=O) groups excluding carboxylic acids is 1. The van der Waals surface area contributed by atoms with Gasteiger partial charge >= 0.3 is 0 Å². The van der Waals surface area contributed by atoms with Crippen LogP contribution in [0.4, 0.5) is 5.69 Å². The molecule has 0 unspecified atom stereocenters. The normalized spacial score (nSPS) is 16.8. The van der Waals surface area contributed by atoms with E-state index in [1.807, 2.05) is 30.3 Å². The van der Waals surface area contributed by atoms with E-state index in [-0.39, 0.29) is 17.2 Å². The number of rotatable bonds is 4. The Morgan fingerprint density at radius 1 is 1.24 bits per heavy atom. The maximum atomic E-state index is 12.4. The van der Waals surface area contributed by atoms with E-state index in [2.05, 4.69) is 41.1 Å². The van der Waals surface area contributed by atoms with Crippen molar-refractivity contribution < 1.29 is 9.32 Å². The Labute approximate surface area is 148 Å². The van der Waals surface area contributed by atoms with Gasteiger partial charge in [-0.3, -0.25) is 9.69 Å². The number of hydrogen-bond donors (Lipinski definition) is 1. The fraction of sp³-hybridized carbons (Fsp3) is 0.526. The maximum Gasteiger partial charge on any atom is 0.240 e. The minimum Gasteiger partial charge on any atom is -0.338 e. The van der Waals surface area contributed by atoms with Gasteiger partial charge in [-0.25, -0.2) is 0 Å². The van der Waals surface area contributed by atoms with Crippen LogP contribution < -0.4 is 5.32 Å². The van der Waals surface area contributed by atoms with Crippen molar-refractivity contribution in [2.45, 2.75) is 45.6 Å². The fourth-order valence-corrected chi connectivity index (χ4v) is 2.93. The lowest BCUT2D eigenvalue weighted by atomic mass is 9.95. The number of para-hydroxylation sites is 1. The van der Waals surface area contributed by atoms with Crippen LogP contribution in [-0.4, -0.2) is 34.0 Å². The Kier molecular flexibility index (Phi) is 5.18. The monoisotopic (exact) mass is 342 g/mol. The Bertz CT molecular complexity index is 698. The van der Waals surface area contributed by atoms with Gasteiger partial charge < -0.3 is 9.84 Å². The predicted molar refractivity (Wildman–Crippen MR) is 96.1 cm³/mol. The lowest BCUT2D eigenvalue weighted by Gasteiger charge is -2.30. The molecule has 6 heteroatoms. The van der Waals surface area contributed by atoms with Gasteiger partial charge in [0.2, 0.25) is 11.8 Å². The fourth-order valence-electron chi connectivity index (χ4n) is 2.93.